The van der Waals surface area contributed by atoms with Crippen molar-refractivity contribution >= 4 is 17.3 Å². The van der Waals surface area contributed by atoms with E-state index in [0.717, 1.165) is 36.0 Å². The van der Waals surface area contributed by atoms with Gasteiger partial charge in [0.2, 0.25) is 0 Å². The number of aliphatic imine (C=N–C) groups is 1. The Balaban J connectivity index is 1.81. The van der Waals surface area contributed by atoms with E-state index in [-0.39, 0.29) is 6.04 Å². The molecule has 1 aliphatic rings. The number of benzene rings is 2. The van der Waals surface area contributed by atoms with Crippen molar-refractivity contribution in [2.75, 3.05) is 5.32 Å². The lowest BCUT2D eigenvalue weighted by Crippen LogP contribution is -2.21. The van der Waals surface area contributed by atoms with Gasteiger partial charge in [0, 0.05) is 17.0 Å². The molecule has 0 aliphatic carbocycles. The first-order valence-electron chi connectivity index (χ1n) is 11.4. The highest BCUT2D eigenvalue weighted by atomic mass is 19.4. The van der Waals surface area contributed by atoms with Gasteiger partial charge in [-0.05, 0) is 80.7 Å². The smallest absolute Gasteiger partial charge is 0.364 e. The normalized spacial score (nSPS) is 17.4. The molecule has 3 rings (SSSR count). The Morgan fingerprint density at radius 1 is 1.17 bits per heavy atom. The predicted octanol–water partition coefficient (Wildman–Crippen LogP) is 7.43. The van der Waals surface area contributed by atoms with Crippen LogP contribution in [-0.4, -0.2) is 11.6 Å². The van der Waals surface area contributed by atoms with Crippen LogP contribution in [0.5, 0.6) is 0 Å². The van der Waals surface area contributed by atoms with E-state index >= 15 is 0 Å². The zero-order valence-electron chi connectivity index (χ0n) is 20.1. The molecule has 0 bridgehead atoms. The van der Waals surface area contributed by atoms with Gasteiger partial charge >= 0.3 is 6.18 Å². The molecule has 2 aromatic rings. The molecule has 2 aromatic carbocycles. The van der Waals surface area contributed by atoms with Crippen molar-refractivity contribution in [1.82, 2.24) is 5.32 Å². The van der Waals surface area contributed by atoms with Gasteiger partial charge in [0.05, 0.1) is 11.6 Å². The summed E-state index contributed by atoms with van der Waals surface area (Å²) in [6, 6.07) is 8.69. The number of nitrogens with one attached hydrogen (secondary N) is 2. The molecule has 0 spiro atoms. The fourth-order valence-electron chi connectivity index (χ4n) is 4.11. The van der Waals surface area contributed by atoms with Crippen LogP contribution in [0.15, 0.2) is 71.0 Å². The van der Waals surface area contributed by atoms with Crippen LogP contribution in [0.1, 0.15) is 68.1 Å². The molecule has 1 heterocycles. The summed E-state index contributed by atoms with van der Waals surface area (Å²) in [5, 5.41) is 6.04. The topological polar surface area (TPSA) is 53.5 Å². The van der Waals surface area contributed by atoms with Crippen LogP contribution in [0.4, 0.5) is 23.2 Å². The molecule has 1 unspecified atom stereocenters. The lowest BCUT2D eigenvalue weighted by Gasteiger charge is -2.22. The minimum atomic E-state index is -4.75. The number of rotatable bonds is 6. The fourth-order valence-corrected chi connectivity index (χ4v) is 4.11. The summed E-state index contributed by atoms with van der Waals surface area (Å²) in [7, 11) is 0. The number of amides is 1. The summed E-state index contributed by atoms with van der Waals surface area (Å²) < 4.78 is 52.7. The number of halogens is 4. The average Bonchev–Trinajstić information content (AvgIpc) is 2.75. The molecule has 8 heteroatoms. The number of hydrogen-bond acceptors (Lipinski definition) is 3. The molecular formula is C27H29F4N3O. The molecule has 0 radical (unpaired) electrons. The highest BCUT2D eigenvalue weighted by Gasteiger charge is 2.32. The third-order valence-electron chi connectivity index (χ3n) is 5.60. The minimum Gasteiger partial charge on any atom is -0.364 e. The molecule has 0 fully saturated rings. The molecule has 0 aromatic heterocycles. The summed E-state index contributed by atoms with van der Waals surface area (Å²) in [4.78, 5) is 17.3. The summed E-state index contributed by atoms with van der Waals surface area (Å²) in [5.41, 5.74) is 1.81. The predicted molar refractivity (Wildman–Crippen MR) is 131 cm³/mol. The van der Waals surface area contributed by atoms with Crippen molar-refractivity contribution < 1.29 is 22.4 Å². The monoisotopic (exact) mass is 487 g/mol. The van der Waals surface area contributed by atoms with E-state index in [4.69, 9.17) is 0 Å². The van der Waals surface area contributed by atoms with Crippen molar-refractivity contribution in [2.24, 2.45) is 10.9 Å². The Kier molecular flexibility index (Phi) is 8.14. The first-order valence-corrected chi connectivity index (χ1v) is 11.4. The Labute approximate surface area is 202 Å². The van der Waals surface area contributed by atoms with Crippen molar-refractivity contribution in [3.8, 4) is 0 Å². The number of hydrogen-bond donors (Lipinski definition) is 2. The van der Waals surface area contributed by atoms with Gasteiger partial charge in [-0.15, -0.1) is 0 Å². The summed E-state index contributed by atoms with van der Waals surface area (Å²) >= 11 is 0. The maximum Gasteiger partial charge on any atom is 0.416 e. The van der Waals surface area contributed by atoms with Gasteiger partial charge in [0.1, 0.15) is 11.6 Å². The van der Waals surface area contributed by atoms with E-state index in [1.807, 2.05) is 19.9 Å². The van der Waals surface area contributed by atoms with Gasteiger partial charge in [-0.3, -0.25) is 4.79 Å². The van der Waals surface area contributed by atoms with Crippen LogP contribution in [0.3, 0.4) is 0 Å². The van der Waals surface area contributed by atoms with Gasteiger partial charge in [-0.25, -0.2) is 9.38 Å². The number of nitrogens with zero attached hydrogens (tertiary/aromatic N) is 1. The zero-order chi connectivity index (χ0) is 25.8. The van der Waals surface area contributed by atoms with Crippen LogP contribution < -0.4 is 10.6 Å². The van der Waals surface area contributed by atoms with E-state index in [2.05, 4.69) is 41.6 Å². The van der Waals surface area contributed by atoms with E-state index in [1.165, 1.54) is 5.57 Å². The Morgan fingerprint density at radius 2 is 1.91 bits per heavy atom. The summed E-state index contributed by atoms with van der Waals surface area (Å²) in [6.07, 6.45) is 1.07. The molecule has 1 aliphatic heterocycles. The lowest BCUT2D eigenvalue weighted by atomic mass is 9.99. The summed E-state index contributed by atoms with van der Waals surface area (Å²) in [5.74, 6) is -0.885. The number of carbonyl (C=O) groups is 1. The molecule has 2 N–H and O–H groups in total. The van der Waals surface area contributed by atoms with Crippen LogP contribution in [-0.2, 0) is 6.18 Å². The largest absolute Gasteiger partial charge is 0.416 e. The second-order valence-electron chi connectivity index (χ2n) is 8.89. The molecule has 4 nitrogen and oxygen atoms in total. The number of anilines is 1. The van der Waals surface area contributed by atoms with Gasteiger partial charge in [0.15, 0.2) is 0 Å². The van der Waals surface area contributed by atoms with E-state index < -0.39 is 29.0 Å². The van der Waals surface area contributed by atoms with Gasteiger partial charge in [-0.2, -0.15) is 13.2 Å². The first-order chi connectivity index (χ1) is 16.4. The quantitative estimate of drug-likeness (QED) is 0.417. The van der Waals surface area contributed by atoms with Gasteiger partial charge < -0.3 is 10.6 Å². The molecular weight excluding hydrogens is 458 g/mol. The average molecular weight is 488 g/mol. The third kappa shape index (κ3) is 7.28. The molecule has 0 saturated carbocycles. The van der Waals surface area contributed by atoms with E-state index in [0.29, 0.717) is 23.7 Å². The maximum atomic E-state index is 13.7. The van der Waals surface area contributed by atoms with Crippen LogP contribution >= 0.6 is 0 Å². The standard InChI is InChI=1S/C27H29F4N3O/c1-5-24(34-25-11-17(3)9-16(2)10-18(4)32-25)19-7-6-8-23(14-19)33-26(35)20-12-21(27(29,30)31)15-22(28)13-20/h6-8,10-15,17,24,34H,5,9H2,1-4H3,(H,33,35)/t17?,24-/m0/s1. The van der Waals surface area contributed by atoms with Crippen LogP contribution in [0.25, 0.3) is 0 Å². The highest BCUT2D eigenvalue weighted by Crippen LogP contribution is 2.31. The highest BCUT2D eigenvalue weighted by molar-refractivity contribution is 6.04. The fraction of sp³-hybridized carbons (Fsp3) is 0.333. The van der Waals surface area contributed by atoms with Crippen molar-refractivity contribution in [3.63, 3.8) is 0 Å². The number of alkyl halides is 3. The van der Waals surface area contributed by atoms with Gasteiger partial charge in [0.25, 0.3) is 5.91 Å². The van der Waals surface area contributed by atoms with E-state index in [1.54, 1.807) is 18.2 Å². The minimum absolute atomic E-state index is 0.114. The Hall–Kier alpha value is -3.42. The van der Waals surface area contributed by atoms with E-state index in [9.17, 15) is 22.4 Å². The molecule has 0 saturated heterocycles. The molecule has 186 valence electrons. The number of allylic oxidation sites excluding steroid dienone is 3. The van der Waals surface area contributed by atoms with Crippen molar-refractivity contribution in [2.45, 2.75) is 52.8 Å². The number of carbonyl (C=O) groups excluding carboxylic acids is 1. The maximum absolute atomic E-state index is 13.7. The molecule has 1 amide bonds. The van der Waals surface area contributed by atoms with Crippen molar-refractivity contribution in [1.29, 1.82) is 0 Å². The molecule has 2 atom stereocenters. The second kappa shape index (κ2) is 10.9. The SMILES string of the molecule is CC[C@H](NC1=CC(C)CC(C)=CC(C)=N1)c1cccc(NC(=O)c2cc(F)cc(C(F)(F)F)c2)c1. The summed E-state index contributed by atoms with van der Waals surface area (Å²) in [6.45, 7) is 8.18. The Bertz CT molecular complexity index is 1180. The lowest BCUT2D eigenvalue weighted by molar-refractivity contribution is -0.137. The van der Waals surface area contributed by atoms with Gasteiger partial charge in [-0.1, -0.05) is 31.6 Å². The zero-order valence-corrected chi connectivity index (χ0v) is 20.1. The molecule has 35 heavy (non-hydrogen) atoms. The third-order valence-corrected chi connectivity index (χ3v) is 5.60. The van der Waals surface area contributed by atoms with Crippen LogP contribution in [0, 0.1) is 11.7 Å². The van der Waals surface area contributed by atoms with Crippen molar-refractivity contribution in [3.05, 3.63) is 88.5 Å². The Morgan fingerprint density at radius 3 is 2.60 bits per heavy atom. The van der Waals surface area contributed by atoms with Crippen LogP contribution in [0.2, 0.25) is 0 Å². The first kappa shape index (κ1) is 26.2. The second-order valence-corrected chi connectivity index (χ2v) is 8.89.